The molecule has 0 bridgehead atoms. The first-order valence-corrected chi connectivity index (χ1v) is 8.24. The van der Waals surface area contributed by atoms with Crippen LogP contribution >= 0.6 is 11.6 Å². The van der Waals surface area contributed by atoms with Crippen LogP contribution in [0, 0.1) is 6.92 Å². The minimum Gasteiger partial charge on any atom is -0.495 e. The number of ether oxygens (including phenoxy) is 1. The van der Waals surface area contributed by atoms with Gasteiger partial charge in [-0.3, -0.25) is 0 Å². The standard InChI is InChI=1S/C17H21ClN4O/c1-11-9-16(20-12-5-3-4-6-12)22-17(19-11)21-13-7-8-15(23-2)14(18)10-13/h7-10,12H,3-6H2,1-2H3,(H2,19,20,21,22). The molecule has 1 aromatic heterocycles. The number of halogens is 1. The molecule has 0 saturated heterocycles. The maximum Gasteiger partial charge on any atom is 0.229 e. The van der Waals surface area contributed by atoms with Gasteiger partial charge in [-0.15, -0.1) is 0 Å². The number of nitrogens with one attached hydrogen (secondary N) is 2. The number of hydrogen-bond acceptors (Lipinski definition) is 5. The van der Waals surface area contributed by atoms with Gasteiger partial charge in [-0.2, -0.15) is 4.98 Å². The molecule has 1 aliphatic carbocycles. The zero-order valence-electron chi connectivity index (χ0n) is 13.4. The van der Waals surface area contributed by atoms with Crippen LogP contribution in [-0.2, 0) is 0 Å². The van der Waals surface area contributed by atoms with E-state index in [1.165, 1.54) is 25.7 Å². The fourth-order valence-corrected chi connectivity index (χ4v) is 3.11. The van der Waals surface area contributed by atoms with E-state index in [0.717, 1.165) is 17.2 Å². The first kappa shape index (κ1) is 15.9. The highest BCUT2D eigenvalue weighted by Crippen LogP contribution is 2.28. The van der Waals surface area contributed by atoms with Crippen LogP contribution < -0.4 is 15.4 Å². The third-order valence-electron chi connectivity index (χ3n) is 3.97. The predicted molar refractivity (Wildman–Crippen MR) is 93.9 cm³/mol. The number of rotatable bonds is 5. The summed E-state index contributed by atoms with van der Waals surface area (Å²) in [7, 11) is 1.60. The van der Waals surface area contributed by atoms with Crippen LogP contribution in [0.5, 0.6) is 5.75 Å². The monoisotopic (exact) mass is 332 g/mol. The molecule has 5 nitrogen and oxygen atoms in total. The van der Waals surface area contributed by atoms with Crippen molar-refractivity contribution in [3.8, 4) is 5.75 Å². The topological polar surface area (TPSA) is 59.1 Å². The number of methoxy groups -OCH3 is 1. The fraction of sp³-hybridized carbons (Fsp3) is 0.412. The molecule has 23 heavy (non-hydrogen) atoms. The van der Waals surface area contributed by atoms with Gasteiger partial charge in [-0.1, -0.05) is 24.4 Å². The van der Waals surface area contributed by atoms with Gasteiger partial charge in [-0.25, -0.2) is 4.98 Å². The van der Waals surface area contributed by atoms with Crippen molar-refractivity contribution in [2.24, 2.45) is 0 Å². The molecule has 1 aliphatic rings. The van der Waals surface area contributed by atoms with Crippen molar-refractivity contribution in [3.05, 3.63) is 35.0 Å². The van der Waals surface area contributed by atoms with E-state index >= 15 is 0 Å². The molecule has 2 N–H and O–H groups in total. The maximum absolute atomic E-state index is 6.15. The van der Waals surface area contributed by atoms with Crippen molar-refractivity contribution in [1.82, 2.24) is 9.97 Å². The van der Waals surface area contributed by atoms with Gasteiger partial charge in [0.1, 0.15) is 11.6 Å². The van der Waals surface area contributed by atoms with E-state index in [9.17, 15) is 0 Å². The fourth-order valence-electron chi connectivity index (χ4n) is 2.85. The molecule has 6 heteroatoms. The van der Waals surface area contributed by atoms with Gasteiger partial charge in [0.05, 0.1) is 12.1 Å². The second-order valence-corrected chi connectivity index (χ2v) is 6.23. The summed E-state index contributed by atoms with van der Waals surface area (Å²) in [5, 5.41) is 7.25. The Balaban J connectivity index is 1.76. The highest BCUT2D eigenvalue weighted by atomic mass is 35.5. The Morgan fingerprint density at radius 2 is 1.96 bits per heavy atom. The molecule has 3 rings (SSSR count). The highest BCUT2D eigenvalue weighted by Gasteiger charge is 2.15. The highest BCUT2D eigenvalue weighted by molar-refractivity contribution is 6.32. The van der Waals surface area contributed by atoms with Crippen LogP contribution in [0.1, 0.15) is 31.4 Å². The van der Waals surface area contributed by atoms with Crippen LogP contribution in [0.3, 0.4) is 0 Å². The number of hydrogen-bond donors (Lipinski definition) is 2. The average molecular weight is 333 g/mol. The number of aromatic nitrogens is 2. The molecule has 0 amide bonds. The molecule has 0 aliphatic heterocycles. The normalized spacial score (nSPS) is 14.7. The molecule has 0 spiro atoms. The molecule has 0 atom stereocenters. The Morgan fingerprint density at radius 1 is 1.17 bits per heavy atom. The van der Waals surface area contributed by atoms with E-state index in [-0.39, 0.29) is 0 Å². The van der Waals surface area contributed by atoms with Crippen molar-refractivity contribution >= 4 is 29.1 Å². The Bertz CT molecular complexity index is 686. The molecular formula is C17H21ClN4O. The lowest BCUT2D eigenvalue weighted by atomic mass is 10.2. The lowest BCUT2D eigenvalue weighted by molar-refractivity contribution is 0.415. The molecule has 2 aromatic rings. The van der Waals surface area contributed by atoms with E-state index in [2.05, 4.69) is 20.6 Å². The van der Waals surface area contributed by atoms with Crippen molar-refractivity contribution in [2.75, 3.05) is 17.7 Å². The second kappa shape index (κ2) is 7.04. The molecule has 1 saturated carbocycles. The summed E-state index contributed by atoms with van der Waals surface area (Å²) in [5.74, 6) is 2.07. The van der Waals surface area contributed by atoms with Crippen LogP contribution in [0.2, 0.25) is 5.02 Å². The predicted octanol–water partition coefficient (Wildman–Crippen LogP) is 4.55. The molecule has 0 unspecified atom stereocenters. The number of anilines is 3. The van der Waals surface area contributed by atoms with Gasteiger partial charge in [0, 0.05) is 23.5 Å². The van der Waals surface area contributed by atoms with Crippen molar-refractivity contribution in [2.45, 2.75) is 38.6 Å². The second-order valence-electron chi connectivity index (χ2n) is 5.82. The van der Waals surface area contributed by atoms with Crippen molar-refractivity contribution < 1.29 is 4.74 Å². The molecule has 122 valence electrons. The lowest BCUT2D eigenvalue weighted by Gasteiger charge is -2.14. The smallest absolute Gasteiger partial charge is 0.229 e. The third kappa shape index (κ3) is 4.05. The quantitative estimate of drug-likeness (QED) is 0.841. The van der Waals surface area contributed by atoms with Crippen molar-refractivity contribution in [3.63, 3.8) is 0 Å². The van der Waals surface area contributed by atoms with E-state index in [0.29, 0.717) is 22.8 Å². The Labute approximate surface area is 141 Å². The van der Waals surface area contributed by atoms with E-state index in [4.69, 9.17) is 16.3 Å². The summed E-state index contributed by atoms with van der Waals surface area (Å²) < 4.78 is 5.16. The van der Waals surface area contributed by atoms with E-state index in [1.54, 1.807) is 13.2 Å². The molecule has 1 heterocycles. The summed E-state index contributed by atoms with van der Waals surface area (Å²) in [5.41, 5.74) is 1.75. The summed E-state index contributed by atoms with van der Waals surface area (Å²) in [6.45, 7) is 1.97. The van der Waals surface area contributed by atoms with Crippen LogP contribution in [0.15, 0.2) is 24.3 Å². The first-order valence-electron chi connectivity index (χ1n) is 7.87. The van der Waals surface area contributed by atoms with Gasteiger partial charge in [-0.05, 0) is 38.0 Å². The Kier molecular flexibility index (Phi) is 4.86. The average Bonchev–Trinajstić information content (AvgIpc) is 2.99. The van der Waals surface area contributed by atoms with E-state index < -0.39 is 0 Å². The van der Waals surface area contributed by atoms with Gasteiger partial charge in [0.15, 0.2) is 0 Å². The number of aryl methyl sites for hydroxylation is 1. The van der Waals surface area contributed by atoms with Crippen molar-refractivity contribution in [1.29, 1.82) is 0 Å². The third-order valence-corrected chi connectivity index (χ3v) is 4.26. The maximum atomic E-state index is 6.15. The number of benzene rings is 1. The SMILES string of the molecule is COc1ccc(Nc2nc(C)cc(NC3CCCC3)n2)cc1Cl. The zero-order valence-corrected chi connectivity index (χ0v) is 14.2. The van der Waals surface area contributed by atoms with Crippen LogP contribution in [-0.4, -0.2) is 23.1 Å². The number of nitrogens with zero attached hydrogens (tertiary/aromatic N) is 2. The molecular weight excluding hydrogens is 312 g/mol. The van der Waals surface area contributed by atoms with Gasteiger partial charge in [0.2, 0.25) is 5.95 Å². The van der Waals surface area contributed by atoms with Gasteiger partial charge < -0.3 is 15.4 Å². The summed E-state index contributed by atoms with van der Waals surface area (Å²) in [6.07, 6.45) is 4.99. The molecule has 0 radical (unpaired) electrons. The molecule has 1 aromatic carbocycles. The van der Waals surface area contributed by atoms with Crippen LogP contribution in [0.25, 0.3) is 0 Å². The summed E-state index contributed by atoms with van der Waals surface area (Å²) in [6, 6.07) is 8.01. The Hall–Kier alpha value is -2.01. The lowest BCUT2D eigenvalue weighted by Crippen LogP contribution is -2.16. The zero-order chi connectivity index (χ0) is 16.2. The summed E-state index contributed by atoms with van der Waals surface area (Å²) in [4.78, 5) is 9.00. The van der Waals surface area contributed by atoms with Crippen LogP contribution in [0.4, 0.5) is 17.5 Å². The summed E-state index contributed by atoms with van der Waals surface area (Å²) >= 11 is 6.15. The minimum atomic E-state index is 0.521. The Morgan fingerprint density at radius 3 is 2.65 bits per heavy atom. The van der Waals surface area contributed by atoms with E-state index in [1.807, 2.05) is 25.1 Å². The van der Waals surface area contributed by atoms with Gasteiger partial charge >= 0.3 is 0 Å². The minimum absolute atomic E-state index is 0.521. The molecule has 1 fully saturated rings. The first-order chi connectivity index (χ1) is 11.1. The van der Waals surface area contributed by atoms with Gasteiger partial charge in [0.25, 0.3) is 0 Å². The largest absolute Gasteiger partial charge is 0.495 e.